The summed E-state index contributed by atoms with van der Waals surface area (Å²) in [5, 5.41) is 7.18. The molecule has 202 valence electrons. The zero-order chi connectivity index (χ0) is 28.3. The van der Waals surface area contributed by atoms with Crippen LogP contribution in [0.2, 0.25) is 0 Å². The van der Waals surface area contributed by atoms with Crippen molar-refractivity contribution < 1.29 is 4.42 Å². The zero-order valence-corrected chi connectivity index (χ0v) is 24.0. The van der Waals surface area contributed by atoms with Crippen LogP contribution in [0.25, 0.3) is 64.0 Å². The normalized spacial score (nSPS) is 11.7. The predicted molar refractivity (Wildman–Crippen MR) is 184 cm³/mol. The minimum absolute atomic E-state index is 0.879. The molecule has 0 saturated heterocycles. The van der Waals surface area contributed by atoms with Crippen molar-refractivity contribution in [3.05, 3.63) is 152 Å². The van der Waals surface area contributed by atoms with Crippen LogP contribution < -0.4 is 4.90 Å². The smallest absolute Gasteiger partial charge is 0.159 e. The van der Waals surface area contributed by atoms with Crippen LogP contribution in [-0.4, -0.2) is 0 Å². The summed E-state index contributed by atoms with van der Waals surface area (Å²) in [5.74, 6) is 0. The topological polar surface area (TPSA) is 16.4 Å². The second-order valence-electron chi connectivity index (χ2n) is 10.9. The molecule has 2 nitrogen and oxygen atoms in total. The highest BCUT2D eigenvalue weighted by atomic mass is 32.1. The molecule has 0 spiro atoms. The standard InChI is InChI=1S/C40H25NOS/c1-2-11-27(12-3-1)30-17-9-18-32-33-19-10-21-36(40(33)42-39(30)32)41(35-20-8-14-26-13-4-5-15-29(26)35)28-23-24-38-34(25-28)31-16-6-7-22-37(31)43-38/h1-25H. The molecule has 0 radical (unpaired) electrons. The molecule has 0 atom stereocenters. The third-order valence-corrected chi connectivity index (χ3v) is 9.61. The number of rotatable bonds is 4. The van der Waals surface area contributed by atoms with Gasteiger partial charge in [0.1, 0.15) is 5.58 Å². The van der Waals surface area contributed by atoms with Crippen molar-refractivity contribution in [1.82, 2.24) is 0 Å². The number of para-hydroxylation sites is 2. The molecule has 0 aliphatic heterocycles. The highest BCUT2D eigenvalue weighted by molar-refractivity contribution is 7.25. The lowest BCUT2D eigenvalue weighted by Gasteiger charge is -2.27. The molecule has 0 amide bonds. The maximum Gasteiger partial charge on any atom is 0.159 e. The van der Waals surface area contributed by atoms with Crippen molar-refractivity contribution in [2.75, 3.05) is 4.90 Å². The van der Waals surface area contributed by atoms with E-state index in [0.29, 0.717) is 0 Å². The number of nitrogens with zero attached hydrogens (tertiary/aromatic N) is 1. The summed E-state index contributed by atoms with van der Waals surface area (Å²) >= 11 is 1.84. The number of thiophene rings is 1. The Bertz CT molecular complexity index is 2460. The number of furan rings is 1. The third-order valence-electron chi connectivity index (χ3n) is 8.46. The van der Waals surface area contributed by atoms with Gasteiger partial charge < -0.3 is 9.32 Å². The molecule has 9 aromatic rings. The fourth-order valence-electron chi connectivity index (χ4n) is 6.49. The number of hydrogen-bond donors (Lipinski definition) is 0. The first-order valence-corrected chi connectivity index (χ1v) is 15.3. The molecule has 3 heteroatoms. The van der Waals surface area contributed by atoms with Crippen LogP contribution in [0, 0.1) is 0 Å². The van der Waals surface area contributed by atoms with E-state index >= 15 is 0 Å². The zero-order valence-electron chi connectivity index (χ0n) is 23.2. The molecular weight excluding hydrogens is 543 g/mol. The number of benzene rings is 7. The molecule has 0 fully saturated rings. The van der Waals surface area contributed by atoms with Gasteiger partial charge in [-0.05, 0) is 47.3 Å². The quantitative estimate of drug-likeness (QED) is 0.210. The monoisotopic (exact) mass is 567 g/mol. The Hall–Kier alpha value is -5.38. The Morgan fingerprint density at radius 1 is 0.442 bits per heavy atom. The molecular formula is C40H25NOS. The number of fused-ring (bicyclic) bond motifs is 7. The molecule has 7 aromatic carbocycles. The van der Waals surface area contributed by atoms with Gasteiger partial charge in [-0.1, -0.05) is 115 Å². The summed E-state index contributed by atoms with van der Waals surface area (Å²) in [6.45, 7) is 0. The molecule has 2 heterocycles. The second-order valence-corrected chi connectivity index (χ2v) is 12.0. The Morgan fingerprint density at radius 2 is 1.09 bits per heavy atom. The van der Waals surface area contributed by atoms with Gasteiger partial charge in [-0.25, -0.2) is 0 Å². The van der Waals surface area contributed by atoms with Crippen molar-refractivity contribution in [2.45, 2.75) is 0 Å². The van der Waals surface area contributed by atoms with Crippen LogP contribution in [-0.2, 0) is 0 Å². The average Bonchev–Trinajstić information content (AvgIpc) is 3.64. The van der Waals surface area contributed by atoms with Gasteiger partial charge in [-0.3, -0.25) is 0 Å². The second kappa shape index (κ2) is 9.59. The van der Waals surface area contributed by atoms with Gasteiger partial charge in [0.15, 0.2) is 5.58 Å². The fraction of sp³-hybridized carbons (Fsp3) is 0. The SMILES string of the molecule is c1ccc(-c2cccc3c2oc2c(N(c4ccc5sc6ccccc6c5c4)c4cccc5ccccc45)cccc23)cc1. The van der Waals surface area contributed by atoms with E-state index in [1.54, 1.807) is 0 Å². The van der Waals surface area contributed by atoms with Crippen LogP contribution >= 0.6 is 11.3 Å². The largest absolute Gasteiger partial charge is 0.453 e. The van der Waals surface area contributed by atoms with E-state index in [2.05, 4.69) is 157 Å². The molecule has 0 bridgehead atoms. The van der Waals surface area contributed by atoms with E-state index in [1.807, 2.05) is 11.3 Å². The Kier molecular flexibility index (Phi) is 5.40. The number of anilines is 3. The van der Waals surface area contributed by atoms with Gasteiger partial charge in [0.25, 0.3) is 0 Å². The molecule has 0 N–H and O–H groups in total. The van der Waals surface area contributed by atoms with Crippen LogP contribution in [0.15, 0.2) is 156 Å². The molecule has 0 aliphatic carbocycles. The summed E-state index contributed by atoms with van der Waals surface area (Å²) in [6.07, 6.45) is 0. The van der Waals surface area contributed by atoms with Gasteiger partial charge in [-0.2, -0.15) is 0 Å². The lowest BCUT2D eigenvalue weighted by molar-refractivity contribution is 0.670. The summed E-state index contributed by atoms with van der Waals surface area (Å²) in [4.78, 5) is 2.38. The van der Waals surface area contributed by atoms with Crippen LogP contribution in [0.1, 0.15) is 0 Å². The Labute approximate surface area is 252 Å². The molecule has 43 heavy (non-hydrogen) atoms. The highest BCUT2D eigenvalue weighted by Gasteiger charge is 2.22. The summed E-state index contributed by atoms with van der Waals surface area (Å²) in [7, 11) is 0. The van der Waals surface area contributed by atoms with Crippen molar-refractivity contribution in [3.8, 4) is 11.1 Å². The summed E-state index contributed by atoms with van der Waals surface area (Å²) < 4.78 is 9.50. The Balaban J connectivity index is 1.36. The third kappa shape index (κ3) is 3.79. The average molecular weight is 568 g/mol. The molecule has 2 aromatic heterocycles. The van der Waals surface area contributed by atoms with Crippen LogP contribution in [0.4, 0.5) is 17.1 Å². The van der Waals surface area contributed by atoms with E-state index in [0.717, 1.165) is 50.1 Å². The van der Waals surface area contributed by atoms with E-state index in [-0.39, 0.29) is 0 Å². The fourth-order valence-corrected chi connectivity index (χ4v) is 7.58. The van der Waals surface area contributed by atoms with Crippen molar-refractivity contribution >= 4 is 81.3 Å². The first-order valence-electron chi connectivity index (χ1n) is 14.5. The molecule has 0 aliphatic rings. The maximum atomic E-state index is 6.91. The van der Waals surface area contributed by atoms with Gasteiger partial charge >= 0.3 is 0 Å². The van der Waals surface area contributed by atoms with E-state index in [1.165, 1.54) is 30.9 Å². The van der Waals surface area contributed by atoms with Crippen LogP contribution in [0.5, 0.6) is 0 Å². The highest BCUT2D eigenvalue weighted by Crippen LogP contribution is 2.47. The molecule has 0 saturated carbocycles. The van der Waals surface area contributed by atoms with Gasteiger partial charge in [0.05, 0.1) is 11.4 Å². The van der Waals surface area contributed by atoms with Crippen molar-refractivity contribution in [2.24, 2.45) is 0 Å². The van der Waals surface area contributed by atoms with E-state index < -0.39 is 0 Å². The molecule has 0 unspecified atom stereocenters. The maximum absolute atomic E-state index is 6.91. The minimum atomic E-state index is 0.879. The van der Waals surface area contributed by atoms with Gasteiger partial charge in [0.2, 0.25) is 0 Å². The first kappa shape index (κ1) is 24.2. The van der Waals surface area contributed by atoms with Crippen molar-refractivity contribution in [1.29, 1.82) is 0 Å². The lowest BCUT2D eigenvalue weighted by atomic mass is 10.0. The van der Waals surface area contributed by atoms with Gasteiger partial charge in [0, 0.05) is 47.6 Å². The predicted octanol–water partition coefficient (Wildman–Crippen LogP) is 12.2. The first-order chi connectivity index (χ1) is 21.3. The molecule has 9 rings (SSSR count). The van der Waals surface area contributed by atoms with E-state index in [4.69, 9.17) is 4.42 Å². The van der Waals surface area contributed by atoms with Crippen molar-refractivity contribution in [3.63, 3.8) is 0 Å². The summed E-state index contributed by atoms with van der Waals surface area (Å²) in [5.41, 5.74) is 7.27. The number of hydrogen-bond acceptors (Lipinski definition) is 3. The minimum Gasteiger partial charge on any atom is -0.453 e. The van der Waals surface area contributed by atoms with E-state index in [9.17, 15) is 0 Å². The Morgan fingerprint density at radius 3 is 2.00 bits per heavy atom. The van der Waals surface area contributed by atoms with Gasteiger partial charge in [-0.15, -0.1) is 11.3 Å². The van der Waals surface area contributed by atoms with Crippen LogP contribution in [0.3, 0.4) is 0 Å². The lowest BCUT2D eigenvalue weighted by Crippen LogP contribution is -2.10. The summed E-state index contributed by atoms with van der Waals surface area (Å²) in [6, 6.07) is 54.2.